The molecule has 2 rings (SSSR count). The third-order valence-electron chi connectivity index (χ3n) is 2.86. The molecular formula is C10H15NO4. The van der Waals surface area contributed by atoms with Gasteiger partial charge in [-0.2, -0.15) is 0 Å². The van der Waals surface area contributed by atoms with Crippen LogP contribution in [0.4, 0.5) is 0 Å². The molecule has 1 aliphatic carbocycles. The van der Waals surface area contributed by atoms with Crippen molar-refractivity contribution in [2.75, 3.05) is 19.8 Å². The van der Waals surface area contributed by atoms with Crippen LogP contribution in [0.1, 0.15) is 19.3 Å². The maximum atomic E-state index is 11.9. The number of carbonyl (C=O) groups is 2. The first-order valence-corrected chi connectivity index (χ1v) is 5.28. The molecule has 1 aliphatic heterocycles. The molecular weight excluding hydrogens is 198 g/mol. The number of amides is 1. The molecule has 0 aromatic heterocycles. The zero-order valence-corrected chi connectivity index (χ0v) is 8.52. The predicted octanol–water partition coefficient (Wildman–Crippen LogP) is 0.0985. The number of hydrogen-bond acceptors (Lipinski definition) is 3. The molecule has 0 aromatic rings. The minimum Gasteiger partial charge on any atom is -0.480 e. The van der Waals surface area contributed by atoms with Gasteiger partial charge in [0.2, 0.25) is 5.91 Å². The normalized spacial score (nSPS) is 25.2. The van der Waals surface area contributed by atoms with E-state index in [0.717, 1.165) is 19.3 Å². The molecule has 5 nitrogen and oxygen atoms in total. The van der Waals surface area contributed by atoms with Crippen molar-refractivity contribution in [1.29, 1.82) is 0 Å². The molecule has 1 saturated carbocycles. The number of carboxylic acid groups (broad SMARTS) is 1. The fourth-order valence-electron chi connectivity index (χ4n) is 1.88. The molecule has 0 radical (unpaired) electrons. The van der Waals surface area contributed by atoms with E-state index in [1.54, 1.807) is 0 Å². The number of ether oxygens (including phenoxy) is 1. The number of rotatable bonds is 4. The zero-order chi connectivity index (χ0) is 10.8. The Labute approximate surface area is 88.0 Å². The Morgan fingerprint density at radius 1 is 1.33 bits per heavy atom. The van der Waals surface area contributed by atoms with E-state index < -0.39 is 5.97 Å². The second kappa shape index (κ2) is 4.18. The first-order chi connectivity index (χ1) is 7.18. The first-order valence-electron chi connectivity index (χ1n) is 5.28. The minimum absolute atomic E-state index is 0.0441. The van der Waals surface area contributed by atoms with Crippen LogP contribution in [0.25, 0.3) is 0 Å². The largest absolute Gasteiger partial charge is 0.480 e. The molecule has 2 aliphatic rings. The van der Waals surface area contributed by atoms with Crippen LogP contribution in [0.5, 0.6) is 0 Å². The van der Waals surface area contributed by atoms with Gasteiger partial charge in [-0.05, 0) is 19.3 Å². The van der Waals surface area contributed by atoms with Gasteiger partial charge >= 0.3 is 5.97 Å². The van der Waals surface area contributed by atoms with Gasteiger partial charge in [0.1, 0.15) is 6.54 Å². The molecule has 1 atom stereocenters. The Bertz CT molecular complexity index is 269. The van der Waals surface area contributed by atoms with Crippen molar-refractivity contribution in [3.8, 4) is 0 Å². The Morgan fingerprint density at radius 3 is 2.53 bits per heavy atom. The lowest BCUT2D eigenvalue weighted by Crippen LogP contribution is -2.41. The smallest absolute Gasteiger partial charge is 0.323 e. The van der Waals surface area contributed by atoms with Gasteiger partial charge in [0.05, 0.1) is 12.5 Å². The zero-order valence-electron chi connectivity index (χ0n) is 8.52. The summed E-state index contributed by atoms with van der Waals surface area (Å²) in [5, 5.41) is 8.73. The van der Waals surface area contributed by atoms with E-state index in [4.69, 9.17) is 9.84 Å². The van der Waals surface area contributed by atoms with Gasteiger partial charge in [0.15, 0.2) is 0 Å². The average Bonchev–Trinajstić information content (AvgIpc) is 2.88. The highest BCUT2D eigenvalue weighted by molar-refractivity contribution is 5.84. The fraction of sp³-hybridized carbons (Fsp3) is 0.800. The molecule has 5 heteroatoms. The molecule has 1 unspecified atom stereocenters. The monoisotopic (exact) mass is 213 g/mol. The molecule has 0 aromatic carbocycles. The van der Waals surface area contributed by atoms with E-state index in [2.05, 4.69) is 0 Å². The summed E-state index contributed by atoms with van der Waals surface area (Å²) in [7, 11) is 0. The van der Waals surface area contributed by atoms with Gasteiger partial charge in [-0.3, -0.25) is 9.59 Å². The molecule has 1 heterocycles. The number of carbonyl (C=O) groups excluding carboxylic acids is 1. The lowest BCUT2D eigenvalue weighted by Gasteiger charge is -2.22. The van der Waals surface area contributed by atoms with E-state index in [0.29, 0.717) is 13.2 Å². The number of hydrogen-bond donors (Lipinski definition) is 1. The summed E-state index contributed by atoms with van der Waals surface area (Å²) in [6.07, 6.45) is 2.60. The van der Waals surface area contributed by atoms with Gasteiger partial charge in [0.25, 0.3) is 0 Å². The highest BCUT2D eigenvalue weighted by Crippen LogP contribution is 2.29. The quantitative estimate of drug-likeness (QED) is 0.719. The van der Waals surface area contributed by atoms with Gasteiger partial charge in [-0.25, -0.2) is 0 Å². The Balaban J connectivity index is 1.96. The van der Waals surface area contributed by atoms with Gasteiger partial charge < -0.3 is 14.7 Å². The van der Waals surface area contributed by atoms with Crippen molar-refractivity contribution in [2.24, 2.45) is 5.92 Å². The molecule has 84 valence electrons. The first kappa shape index (κ1) is 10.4. The van der Waals surface area contributed by atoms with Crippen LogP contribution in [0.2, 0.25) is 0 Å². The molecule has 0 spiro atoms. The maximum Gasteiger partial charge on any atom is 0.323 e. The summed E-state index contributed by atoms with van der Waals surface area (Å²) in [5.74, 6) is -1.10. The van der Waals surface area contributed by atoms with Gasteiger partial charge in [-0.1, -0.05) is 0 Å². The number of carboxylic acids is 1. The van der Waals surface area contributed by atoms with Crippen LogP contribution in [-0.4, -0.2) is 47.7 Å². The van der Waals surface area contributed by atoms with Crippen LogP contribution in [0, 0.1) is 5.92 Å². The highest BCUT2D eigenvalue weighted by Gasteiger charge is 2.37. The number of nitrogens with zero attached hydrogens (tertiary/aromatic N) is 1. The highest BCUT2D eigenvalue weighted by atomic mass is 16.5. The van der Waals surface area contributed by atoms with E-state index in [1.165, 1.54) is 4.90 Å². The SMILES string of the molecule is O=C(O)CN(C(=O)C1CCOC1)C1CC1. The molecule has 0 bridgehead atoms. The van der Waals surface area contributed by atoms with E-state index in [-0.39, 0.29) is 24.4 Å². The second-order valence-corrected chi connectivity index (χ2v) is 4.15. The van der Waals surface area contributed by atoms with Crippen LogP contribution in [0.15, 0.2) is 0 Å². The fourth-order valence-corrected chi connectivity index (χ4v) is 1.88. The average molecular weight is 213 g/mol. The third-order valence-corrected chi connectivity index (χ3v) is 2.86. The standard InChI is InChI=1S/C10H15NO4/c12-9(13)5-11(8-1-2-8)10(14)7-3-4-15-6-7/h7-8H,1-6H2,(H,12,13). The van der Waals surface area contributed by atoms with Crippen LogP contribution < -0.4 is 0 Å². The summed E-state index contributed by atoms with van der Waals surface area (Å²) in [5.41, 5.74) is 0. The Morgan fingerprint density at radius 2 is 2.07 bits per heavy atom. The van der Waals surface area contributed by atoms with E-state index in [1.807, 2.05) is 0 Å². The lowest BCUT2D eigenvalue weighted by atomic mass is 10.1. The van der Waals surface area contributed by atoms with Crippen molar-refractivity contribution in [3.05, 3.63) is 0 Å². The van der Waals surface area contributed by atoms with Gasteiger partial charge in [-0.15, -0.1) is 0 Å². The second-order valence-electron chi connectivity index (χ2n) is 4.15. The van der Waals surface area contributed by atoms with Crippen molar-refractivity contribution in [2.45, 2.75) is 25.3 Å². The summed E-state index contributed by atoms with van der Waals surface area (Å²) in [4.78, 5) is 24.1. The summed E-state index contributed by atoms with van der Waals surface area (Å²) in [6, 6.07) is 0.161. The summed E-state index contributed by atoms with van der Waals surface area (Å²) in [6.45, 7) is 0.893. The summed E-state index contributed by atoms with van der Waals surface area (Å²) < 4.78 is 5.14. The van der Waals surface area contributed by atoms with Crippen LogP contribution >= 0.6 is 0 Å². The van der Waals surface area contributed by atoms with Crippen molar-refractivity contribution < 1.29 is 19.4 Å². The molecule has 1 N–H and O–H groups in total. The van der Waals surface area contributed by atoms with E-state index >= 15 is 0 Å². The third kappa shape index (κ3) is 2.47. The van der Waals surface area contributed by atoms with Crippen molar-refractivity contribution >= 4 is 11.9 Å². The lowest BCUT2D eigenvalue weighted by molar-refractivity contribution is -0.146. The van der Waals surface area contributed by atoms with Crippen molar-refractivity contribution in [1.82, 2.24) is 4.90 Å². The maximum absolute atomic E-state index is 11.9. The van der Waals surface area contributed by atoms with Crippen LogP contribution in [-0.2, 0) is 14.3 Å². The predicted molar refractivity (Wildman–Crippen MR) is 51.3 cm³/mol. The topological polar surface area (TPSA) is 66.8 Å². The Kier molecular flexibility index (Phi) is 2.90. The summed E-state index contributed by atoms with van der Waals surface area (Å²) >= 11 is 0. The molecule has 1 amide bonds. The van der Waals surface area contributed by atoms with Crippen LogP contribution in [0.3, 0.4) is 0 Å². The molecule has 15 heavy (non-hydrogen) atoms. The van der Waals surface area contributed by atoms with E-state index in [9.17, 15) is 9.59 Å². The van der Waals surface area contributed by atoms with Crippen molar-refractivity contribution in [3.63, 3.8) is 0 Å². The number of aliphatic carboxylic acids is 1. The Hall–Kier alpha value is -1.10. The molecule has 1 saturated heterocycles. The molecule has 2 fully saturated rings. The minimum atomic E-state index is -0.936. The van der Waals surface area contributed by atoms with Gasteiger partial charge in [0, 0.05) is 12.6 Å².